The Bertz CT molecular complexity index is 1060. The largest absolute Gasteiger partial charge is 0.477 e. The smallest absolute Gasteiger partial charge is 0.312 e. The number of carbonyl (C=O) groups excluding carboxylic acids is 1. The molecule has 0 aromatic heterocycles. The van der Waals surface area contributed by atoms with Gasteiger partial charge < -0.3 is 10.1 Å². The Morgan fingerprint density at radius 1 is 1.17 bits per heavy atom. The zero-order valence-electron chi connectivity index (χ0n) is 16.1. The van der Waals surface area contributed by atoms with Crippen molar-refractivity contribution in [1.29, 1.82) is 0 Å². The van der Waals surface area contributed by atoms with Crippen molar-refractivity contribution in [2.75, 3.05) is 25.0 Å². The van der Waals surface area contributed by atoms with Crippen LogP contribution < -0.4 is 10.1 Å². The molecule has 0 atom stereocenters. The summed E-state index contributed by atoms with van der Waals surface area (Å²) in [6.45, 7) is 3.22. The highest BCUT2D eigenvalue weighted by atomic mass is 35.5. The Hall–Kier alpha value is -2.40. The summed E-state index contributed by atoms with van der Waals surface area (Å²) in [4.78, 5) is 22.5. The third-order valence-corrected chi connectivity index (χ3v) is 6.63. The van der Waals surface area contributed by atoms with Gasteiger partial charge in [0.25, 0.3) is 5.91 Å². The summed E-state index contributed by atoms with van der Waals surface area (Å²) >= 11 is 11.8. The number of carbonyl (C=O) groups is 1. The van der Waals surface area contributed by atoms with Crippen LogP contribution in [0.3, 0.4) is 0 Å². The number of hydrogen-bond donors (Lipinski definition) is 1. The number of ether oxygens (including phenoxy) is 1. The lowest BCUT2D eigenvalue weighted by molar-refractivity contribution is -0.386. The fourth-order valence-electron chi connectivity index (χ4n) is 2.56. The molecule has 2 rings (SSSR count). The average Bonchev–Trinajstić information content (AvgIpc) is 2.69. The van der Waals surface area contributed by atoms with Crippen LogP contribution in [-0.4, -0.2) is 43.2 Å². The molecule has 0 heterocycles. The number of sulfonamides is 1. The van der Waals surface area contributed by atoms with E-state index in [9.17, 15) is 23.3 Å². The van der Waals surface area contributed by atoms with E-state index < -0.39 is 33.1 Å². The number of nitro groups is 1. The third kappa shape index (κ3) is 5.60. The van der Waals surface area contributed by atoms with Crippen molar-refractivity contribution >= 4 is 50.5 Å². The molecule has 0 aliphatic rings. The minimum absolute atomic E-state index is 0.216. The summed E-state index contributed by atoms with van der Waals surface area (Å²) in [6.07, 6.45) is 0. The van der Waals surface area contributed by atoms with Gasteiger partial charge in [-0.2, -0.15) is 4.31 Å². The van der Waals surface area contributed by atoms with Gasteiger partial charge in [-0.05, 0) is 30.3 Å². The SMILES string of the molecule is CCN(CC)S(=O)(=O)c1ccc(OCC(=O)Nc2ccc(Cl)cc2Cl)c([N+](=O)[O-])c1. The number of nitro benzene ring substituents is 1. The highest BCUT2D eigenvalue weighted by molar-refractivity contribution is 7.89. The van der Waals surface area contributed by atoms with Gasteiger partial charge in [-0.25, -0.2) is 8.42 Å². The van der Waals surface area contributed by atoms with E-state index in [-0.39, 0.29) is 28.8 Å². The Morgan fingerprint density at radius 3 is 2.40 bits per heavy atom. The molecule has 0 saturated carbocycles. The third-order valence-electron chi connectivity index (χ3n) is 4.03. The first-order valence-corrected chi connectivity index (χ1v) is 11.0. The van der Waals surface area contributed by atoms with E-state index >= 15 is 0 Å². The molecule has 30 heavy (non-hydrogen) atoms. The fraction of sp³-hybridized carbons (Fsp3) is 0.278. The highest BCUT2D eigenvalue weighted by Gasteiger charge is 2.26. The maximum Gasteiger partial charge on any atom is 0.312 e. The van der Waals surface area contributed by atoms with E-state index in [0.717, 1.165) is 12.1 Å². The summed E-state index contributed by atoms with van der Waals surface area (Å²) in [5.74, 6) is -0.857. The second-order valence-electron chi connectivity index (χ2n) is 5.94. The molecule has 12 heteroatoms. The molecule has 0 saturated heterocycles. The first-order chi connectivity index (χ1) is 14.1. The van der Waals surface area contributed by atoms with Crippen LogP contribution in [0.1, 0.15) is 13.8 Å². The lowest BCUT2D eigenvalue weighted by Crippen LogP contribution is -2.30. The number of nitrogens with one attached hydrogen (secondary N) is 1. The summed E-state index contributed by atoms with van der Waals surface area (Å²) < 4.78 is 31.6. The van der Waals surface area contributed by atoms with Crippen LogP contribution in [0.5, 0.6) is 5.75 Å². The Kier molecular flexibility index (Phi) is 8.02. The number of hydrogen-bond acceptors (Lipinski definition) is 6. The van der Waals surface area contributed by atoms with Crippen molar-refractivity contribution in [1.82, 2.24) is 4.31 Å². The lowest BCUT2D eigenvalue weighted by Gasteiger charge is -2.18. The van der Waals surface area contributed by atoms with Crippen LogP contribution in [0.25, 0.3) is 0 Å². The van der Waals surface area contributed by atoms with Crippen molar-refractivity contribution in [2.45, 2.75) is 18.7 Å². The Balaban J connectivity index is 2.19. The summed E-state index contributed by atoms with van der Waals surface area (Å²) in [7, 11) is -3.89. The van der Waals surface area contributed by atoms with Crippen molar-refractivity contribution in [2.24, 2.45) is 0 Å². The molecule has 0 spiro atoms. The predicted octanol–water partition coefficient (Wildman–Crippen LogP) is 3.95. The Labute approximate surface area is 183 Å². The molecule has 0 aliphatic carbocycles. The maximum atomic E-state index is 12.6. The van der Waals surface area contributed by atoms with Crippen LogP contribution in [0.15, 0.2) is 41.3 Å². The van der Waals surface area contributed by atoms with E-state index in [1.165, 1.54) is 28.6 Å². The monoisotopic (exact) mass is 475 g/mol. The van der Waals surface area contributed by atoms with E-state index in [2.05, 4.69) is 5.32 Å². The van der Waals surface area contributed by atoms with Gasteiger partial charge in [-0.1, -0.05) is 37.0 Å². The van der Waals surface area contributed by atoms with Gasteiger partial charge in [0.15, 0.2) is 12.4 Å². The van der Waals surface area contributed by atoms with Crippen LogP contribution in [0, 0.1) is 10.1 Å². The topological polar surface area (TPSA) is 119 Å². The quantitative estimate of drug-likeness (QED) is 0.433. The van der Waals surface area contributed by atoms with Crippen molar-refractivity contribution in [3.05, 3.63) is 56.6 Å². The van der Waals surface area contributed by atoms with Gasteiger partial charge in [0, 0.05) is 24.2 Å². The van der Waals surface area contributed by atoms with Gasteiger partial charge >= 0.3 is 5.69 Å². The standard InChI is InChI=1S/C18H19Cl2N3O6S/c1-3-22(4-2)30(27,28)13-6-8-17(16(10-13)23(25)26)29-11-18(24)21-15-7-5-12(19)9-14(15)20/h5-10H,3-4,11H2,1-2H3,(H,21,24). The molecular weight excluding hydrogens is 457 g/mol. The number of nitrogens with zero attached hydrogens (tertiary/aromatic N) is 2. The molecule has 9 nitrogen and oxygen atoms in total. The molecular formula is C18H19Cl2N3O6S. The first kappa shape index (κ1) is 23.9. The zero-order chi connectivity index (χ0) is 22.5. The van der Waals surface area contributed by atoms with E-state index in [0.29, 0.717) is 10.7 Å². The molecule has 2 aromatic rings. The van der Waals surface area contributed by atoms with Gasteiger partial charge in [-0.3, -0.25) is 14.9 Å². The second kappa shape index (κ2) is 10.1. The number of halogens is 2. The zero-order valence-corrected chi connectivity index (χ0v) is 18.4. The van der Waals surface area contributed by atoms with Gasteiger partial charge in [0.05, 0.1) is 20.5 Å². The van der Waals surface area contributed by atoms with E-state index in [1.54, 1.807) is 13.8 Å². The molecule has 0 aliphatic heterocycles. The minimum Gasteiger partial charge on any atom is -0.477 e. The molecule has 1 amide bonds. The molecule has 2 aromatic carbocycles. The van der Waals surface area contributed by atoms with Gasteiger partial charge in [0.1, 0.15) is 0 Å². The number of benzene rings is 2. The normalized spacial score (nSPS) is 11.4. The molecule has 1 N–H and O–H groups in total. The summed E-state index contributed by atoms with van der Waals surface area (Å²) in [5, 5.41) is 14.5. The summed E-state index contributed by atoms with van der Waals surface area (Å²) in [6, 6.07) is 7.74. The van der Waals surface area contributed by atoms with Crippen LogP contribution in [0.4, 0.5) is 11.4 Å². The minimum atomic E-state index is -3.89. The molecule has 0 fully saturated rings. The highest BCUT2D eigenvalue weighted by Crippen LogP contribution is 2.31. The molecule has 0 radical (unpaired) electrons. The second-order valence-corrected chi connectivity index (χ2v) is 8.72. The first-order valence-electron chi connectivity index (χ1n) is 8.76. The van der Waals surface area contributed by atoms with E-state index in [1.807, 2.05) is 0 Å². The number of amides is 1. The average molecular weight is 476 g/mol. The Morgan fingerprint density at radius 2 is 1.83 bits per heavy atom. The maximum absolute atomic E-state index is 12.6. The van der Waals surface area contributed by atoms with Crippen LogP contribution >= 0.6 is 23.2 Å². The number of anilines is 1. The van der Waals surface area contributed by atoms with Crippen LogP contribution in [-0.2, 0) is 14.8 Å². The molecule has 162 valence electrons. The van der Waals surface area contributed by atoms with E-state index in [4.69, 9.17) is 27.9 Å². The van der Waals surface area contributed by atoms with Gasteiger partial charge in [-0.15, -0.1) is 0 Å². The molecule has 0 bridgehead atoms. The van der Waals surface area contributed by atoms with Crippen molar-refractivity contribution in [3.8, 4) is 5.75 Å². The number of rotatable bonds is 9. The fourth-order valence-corrected chi connectivity index (χ4v) is 4.49. The lowest BCUT2D eigenvalue weighted by atomic mass is 10.3. The predicted molar refractivity (Wildman–Crippen MR) is 114 cm³/mol. The molecule has 0 unspecified atom stereocenters. The van der Waals surface area contributed by atoms with Crippen molar-refractivity contribution < 1.29 is 22.9 Å². The van der Waals surface area contributed by atoms with Gasteiger partial charge in [0.2, 0.25) is 10.0 Å². The van der Waals surface area contributed by atoms with Crippen molar-refractivity contribution in [3.63, 3.8) is 0 Å². The summed E-state index contributed by atoms with van der Waals surface area (Å²) in [5.41, 5.74) is -0.273. The van der Waals surface area contributed by atoms with Crippen LogP contribution in [0.2, 0.25) is 10.0 Å².